The standard InChI is InChI=1S/C21H43N5O3.HI/c1-15-11-26(12-16(2)28-15)21(8,9)14-24-17(22-10)23-13-20(6,7)25-18(27)29-19(3,4)5;/h15-16H,11-14H2,1-10H3,(H,25,27)(H2,22,23,24);1H. The van der Waals surface area contributed by atoms with Gasteiger partial charge in [-0.2, -0.15) is 0 Å². The Bertz CT molecular complexity index is 565. The van der Waals surface area contributed by atoms with Crippen LogP contribution in [-0.2, 0) is 9.47 Å². The van der Waals surface area contributed by atoms with Gasteiger partial charge in [0, 0.05) is 38.8 Å². The Kier molecular flexibility index (Phi) is 11.4. The maximum absolute atomic E-state index is 12.1. The molecular weight excluding hydrogens is 497 g/mol. The zero-order chi connectivity index (χ0) is 22.5. The van der Waals surface area contributed by atoms with Crippen LogP contribution in [0, 0.1) is 0 Å². The molecule has 2 atom stereocenters. The molecule has 0 spiro atoms. The van der Waals surface area contributed by atoms with Crippen LogP contribution in [0.5, 0.6) is 0 Å². The topological polar surface area (TPSA) is 87.2 Å². The first-order valence-corrected chi connectivity index (χ1v) is 10.5. The number of carbonyl (C=O) groups is 1. The monoisotopic (exact) mass is 541 g/mol. The van der Waals surface area contributed by atoms with Gasteiger partial charge >= 0.3 is 6.09 Å². The largest absolute Gasteiger partial charge is 0.444 e. The summed E-state index contributed by atoms with van der Waals surface area (Å²) in [5.74, 6) is 0.700. The molecule has 1 fully saturated rings. The zero-order valence-corrected chi connectivity index (χ0v) is 22.8. The Balaban J connectivity index is 0.00000841. The summed E-state index contributed by atoms with van der Waals surface area (Å²) >= 11 is 0. The number of ether oxygens (including phenoxy) is 2. The smallest absolute Gasteiger partial charge is 0.408 e. The van der Waals surface area contributed by atoms with E-state index in [1.165, 1.54) is 0 Å². The van der Waals surface area contributed by atoms with E-state index in [9.17, 15) is 4.79 Å². The molecule has 0 aromatic rings. The number of alkyl carbamates (subject to hydrolysis) is 1. The fourth-order valence-corrected chi connectivity index (χ4v) is 3.23. The molecule has 3 N–H and O–H groups in total. The van der Waals surface area contributed by atoms with Crippen molar-refractivity contribution in [1.29, 1.82) is 0 Å². The molecule has 178 valence electrons. The van der Waals surface area contributed by atoms with Crippen molar-refractivity contribution in [2.75, 3.05) is 33.2 Å². The quantitative estimate of drug-likeness (QED) is 0.273. The van der Waals surface area contributed by atoms with Gasteiger partial charge in [-0.1, -0.05) is 0 Å². The van der Waals surface area contributed by atoms with Crippen molar-refractivity contribution >= 4 is 36.0 Å². The summed E-state index contributed by atoms with van der Waals surface area (Å²) in [5.41, 5.74) is -1.07. The van der Waals surface area contributed by atoms with Crippen molar-refractivity contribution in [3.05, 3.63) is 0 Å². The van der Waals surface area contributed by atoms with Gasteiger partial charge in [0.1, 0.15) is 5.60 Å². The molecule has 1 heterocycles. The van der Waals surface area contributed by atoms with Gasteiger partial charge in [0.05, 0.1) is 17.7 Å². The molecule has 0 aromatic heterocycles. The Hall–Kier alpha value is -0.810. The summed E-state index contributed by atoms with van der Waals surface area (Å²) in [6.07, 6.45) is 0.0364. The minimum Gasteiger partial charge on any atom is -0.444 e. The number of hydrogen-bond donors (Lipinski definition) is 3. The second-order valence-electron chi connectivity index (χ2n) is 10.3. The van der Waals surface area contributed by atoms with E-state index in [2.05, 4.69) is 53.5 Å². The molecule has 0 radical (unpaired) electrons. The normalized spacial score (nSPS) is 21.5. The average molecular weight is 542 g/mol. The predicted octanol–water partition coefficient (Wildman–Crippen LogP) is 2.96. The van der Waals surface area contributed by atoms with Gasteiger partial charge in [0.15, 0.2) is 5.96 Å². The van der Waals surface area contributed by atoms with Crippen LogP contribution in [0.15, 0.2) is 4.99 Å². The number of nitrogens with zero attached hydrogens (tertiary/aromatic N) is 2. The van der Waals surface area contributed by atoms with Gasteiger partial charge in [-0.3, -0.25) is 9.89 Å². The van der Waals surface area contributed by atoms with Crippen LogP contribution in [0.1, 0.15) is 62.3 Å². The second-order valence-corrected chi connectivity index (χ2v) is 10.3. The lowest BCUT2D eigenvalue weighted by Gasteiger charge is -2.45. The first-order valence-electron chi connectivity index (χ1n) is 10.5. The molecule has 0 saturated carbocycles. The number of morpholine rings is 1. The van der Waals surface area contributed by atoms with Gasteiger partial charge in [0.2, 0.25) is 0 Å². The molecule has 1 aliphatic rings. The SMILES string of the molecule is CN=C(NCC(C)(C)NC(=O)OC(C)(C)C)NCC(C)(C)N1CC(C)OC(C)C1.I. The highest BCUT2D eigenvalue weighted by Crippen LogP contribution is 2.20. The van der Waals surface area contributed by atoms with E-state index in [1.54, 1.807) is 7.05 Å². The molecular formula is C21H44IN5O3. The Morgan fingerprint density at radius 3 is 2.00 bits per heavy atom. The van der Waals surface area contributed by atoms with Crippen molar-refractivity contribution in [1.82, 2.24) is 20.9 Å². The van der Waals surface area contributed by atoms with Crippen LogP contribution in [0.25, 0.3) is 0 Å². The lowest BCUT2D eigenvalue weighted by atomic mass is 10.00. The van der Waals surface area contributed by atoms with Gasteiger partial charge in [-0.15, -0.1) is 24.0 Å². The minimum atomic E-state index is -0.523. The first kappa shape index (κ1) is 29.2. The Labute approximate surface area is 200 Å². The fraction of sp³-hybridized carbons (Fsp3) is 0.905. The van der Waals surface area contributed by atoms with Gasteiger partial charge in [-0.25, -0.2) is 4.79 Å². The summed E-state index contributed by atoms with van der Waals surface area (Å²) in [7, 11) is 1.75. The van der Waals surface area contributed by atoms with Crippen LogP contribution in [0.4, 0.5) is 4.79 Å². The van der Waals surface area contributed by atoms with E-state index >= 15 is 0 Å². The summed E-state index contributed by atoms with van der Waals surface area (Å²) in [5, 5.41) is 9.61. The van der Waals surface area contributed by atoms with E-state index in [-0.39, 0.29) is 41.7 Å². The summed E-state index contributed by atoms with van der Waals surface area (Å²) in [4.78, 5) is 18.8. The molecule has 0 aromatic carbocycles. The van der Waals surface area contributed by atoms with E-state index in [0.717, 1.165) is 19.6 Å². The van der Waals surface area contributed by atoms with Gasteiger partial charge < -0.3 is 25.4 Å². The summed E-state index contributed by atoms with van der Waals surface area (Å²) in [6, 6.07) is 0. The third kappa shape index (κ3) is 11.0. The molecule has 0 aliphatic carbocycles. The molecule has 8 nitrogen and oxygen atoms in total. The molecule has 9 heteroatoms. The number of halogens is 1. The van der Waals surface area contributed by atoms with E-state index in [0.29, 0.717) is 12.5 Å². The van der Waals surface area contributed by atoms with Crippen LogP contribution in [0.3, 0.4) is 0 Å². The molecule has 1 amide bonds. The molecule has 30 heavy (non-hydrogen) atoms. The number of rotatable bonds is 6. The lowest BCUT2D eigenvalue weighted by molar-refractivity contribution is -0.0946. The maximum atomic E-state index is 12.1. The second kappa shape index (κ2) is 11.7. The molecule has 1 rings (SSSR count). The van der Waals surface area contributed by atoms with Gasteiger partial charge in [0.25, 0.3) is 0 Å². The van der Waals surface area contributed by atoms with Crippen molar-refractivity contribution in [2.24, 2.45) is 4.99 Å². The summed E-state index contributed by atoms with van der Waals surface area (Å²) < 4.78 is 11.2. The third-order valence-corrected chi connectivity index (χ3v) is 4.72. The van der Waals surface area contributed by atoms with Crippen molar-refractivity contribution in [2.45, 2.75) is 91.2 Å². The maximum Gasteiger partial charge on any atom is 0.408 e. The highest BCUT2D eigenvalue weighted by molar-refractivity contribution is 14.0. The van der Waals surface area contributed by atoms with E-state index in [4.69, 9.17) is 9.47 Å². The minimum absolute atomic E-state index is 0. The molecule has 1 aliphatic heterocycles. The molecule has 2 unspecified atom stereocenters. The van der Waals surface area contributed by atoms with E-state index in [1.807, 2.05) is 34.6 Å². The Morgan fingerprint density at radius 2 is 1.53 bits per heavy atom. The van der Waals surface area contributed by atoms with Gasteiger partial charge in [-0.05, 0) is 62.3 Å². The van der Waals surface area contributed by atoms with Crippen molar-refractivity contribution in [3.63, 3.8) is 0 Å². The highest BCUT2D eigenvalue weighted by Gasteiger charge is 2.33. The fourth-order valence-electron chi connectivity index (χ4n) is 3.23. The zero-order valence-electron chi connectivity index (χ0n) is 20.5. The van der Waals surface area contributed by atoms with Crippen LogP contribution >= 0.6 is 24.0 Å². The van der Waals surface area contributed by atoms with Crippen molar-refractivity contribution in [3.8, 4) is 0 Å². The van der Waals surface area contributed by atoms with Crippen LogP contribution in [0.2, 0.25) is 0 Å². The average Bonchev–Trinajstić information content (AvgIpc) is 2.51. The predicted molar refractivity (Wildman–Crippen MR) is 134 cm³/mol. The third-order valence-electron chi connectivity index (χ3n) is 4.72. The van der Waals surface area contributed by atoms with Crippen LogP contribution < -0.4 is 16.0 Å². The number of guanidine groups is 1. The number of carbonyl (C=O) groups excluding carboxylic acids is 1. The van der Waals surface area contributed by atoms with Crippen LogP contribution in [-0.4, -0.2) is 79.1 Å². The van der Waals surface area contributed by atoms with E-state index < -0.39 is 17.2 Å². The molecule has 1 saturated heterocycles. The lowest BCUT2D eigenvalue weighted by Crippen LogP contribution is -2.60. The molecule has 0 bridgehead atoms. The number of aliphatic imine (C=N–C) groups is 1. The Morgan fingerprint density at radius 1 is 1.03 bits per heavy atom. The number of amides is 1. The number of nitrogens with one attached hydrogen (secondary N) is 3. The van der Waals surface area contributed by atoms with Crippen molar-refractivity contribution < 1.29 is 14.3 Å². The first-order chi connectivity index (χ1) is 13.1. The summed E-state index contributed by atoms with van der Waals surface area (Å²) in [6.45, 7) is 21.2. The highest BCUT2D eigenvalue weighted by atomic mass is 127. The number of hydrogen-bond acceptors (Lipinski definition) is 5.